The molecule has 1 amide bonds. The van der Waals surface area contributed by atoms with Crippen LogP contribution in [-0.2, 0) is 9.53 Å². The zero-order valence-electron chi connectivity index (χ0n) is 11.5. The molecule has 2 fully saturated rings. The van der Waals surface area contributed by atoms with Gasteiger partial charge < -0.3 is 15.0 Å². The summed E-state index contributed by atoms with van der Waals surface area (Å²) < 4.78 is 5.27. The van der Waals surface area contributed by atoms with E-state index >= 15 is 0 Å². The minimum absolute atomic E-state index is 0.0874. The van der Waals surface area contributed by atoms with Crippen LogP contribution in [0.2, 0.25) is 0 Å². The molecule has 2 aliphatic heterocycles. The Morgan fingerprint density at radius 2 is 2.16 bits per heavy atom. The standard InChI is InChI=1S/C13H22N4O2/c1-19-11-9-12(15-10-11)13(18)17-7-5-16(6-8-17)4-2-3-14/h11-12,15H,2,4-10H2,1H3. The van der Waals surface area contributed by atoms with Crippen LogP contribution in [0.1, 0.15) is 12.8 Å². The van der Waals surface area contributed by atoms with Crippen LogP contribution in [0.3, 0.4) is 0 Å². The second-order valence-electron chi connectivity index (χ2n) is 5.13. The molecular weight excluding hydrogens is 244 g/mol. The first-order valence-electron chi connectivity index (χ1n) is 6.89. The van der Waals surface area contributed by atoms with Crippen molar-refractivity contribution in [1.29, 1.82) is 5.26 Å². The molecule has 0 aliphatic carbocycles. The molecule has 106 valence electrons. The first-order valence-corrected chi connectivity index (χ1v) is 6.89. The van der Waals surface area contributed by atoms with Gasteiger partial charge in [0, 0.05) is 52.8 Å². The van der Waals surface area contributed by atoms with Crippen molar-refractivity contribution >= 4 is 5.91 Å². The second kappa shape index (κ2) is 6.85. The van der Waals surface area contributed by atoms with E-state index in [2.05, 4.69) is 16.3 Å². The van der Waals surface area contributed by atoms with Crippen molar-refractivity contribution in [3.8, 4) is 6.07 Å². The van der Waals surface area contributed by atoms with Crippen LogP contribution in [0.5, 0.6) is 0 Å². The first kappa shape index (κ1) is 14.3. The highest BCUT2D eigenvalue weighted by atomic mass is 16.5. The molecule has 2 heterocycles. The van der Waals surface area contributed by atoms with Crippen molar-refractivity contribution in [2.45, 2.75) is 25.0 Å². The van der Waals surface area contributed by atoms with Gasteiger partial charge in [-0.1, -0.05) is 0 Å². The molecule has 0 radical (unpaired) electrons. The average molecular weight is 266 g/mol. The van der Waals surface area contributed by atoms with Gasteiger partial charge in [0.2, 0.25) is 5.91 Å². The molecule has 2 unspecified atom stereocenters. The van der Waals surface area contributed by atoms with Crippen molar-refractivity contribution in [3.05, 3.63) is 0 Å². The number of methoxy groups -OCH3 is 1. The van der Waals surface area contributed by atoms with Crippen LogP contribution < -0.4 is 5.32 Å². The van der Waals surface area contributed by atoms with Gasteiger partial charge in [-0.05, 0) is 6.42 Å². The van der Waals surface area contributed by atoms with E-state index in [4.69, 9.17) is 10.00 Å². The lowest BCUT2D eigenvalue weighted by Crippen LogP contribution is -2.53. The van der Waals surface area contributed by atoms with Crippen LogP contribution in [0.25, 0.3) is 0 Å². The Balaban J connectivity index is 1.75. The lowest BCUT2D eigenvalue weighted by atomic mass is 10.1. The Kier molecular flexibility index (Phi) is 5.14. The summed E-state index contributed by atoms with van der Waals surface area (Å²) in [6.45, 7) is 4.84. The normalized spacial score (nSPS) is 28.3. The number of hydrogen-bond acceptors (Lipinski definition) is 5. The summed E-state index contributed by atoms with van der Waals surface area (Å²) >= 11 is 0. The van der Waals surface area contributed by atoms with E-state index in [0.717, 1.165) is 45.7 Å². The highest BCUT2D eigenvalue weighted by Crippen LogP contribution is 2.13. The fourth-order valence-corrected chi connectivity index (χ4v) is 2.69. The van der Waals surface area contributed by atoms with Gasteiger partial charge in [-0.3, -0.25) is 9.69 Å². The van der Waals surface area contributed by atoms with Crippen LogP contribution in [-0.4, -0.2) is 74.2 Å². The van der Waals surface area contributed by atoms with E-state index in [-0.39, 0.29) is 18.1 Å². The Morgan fingerprint density at radius 1 is 1.42 bits per heavy atom. The Bertz CT molecular complexity index is 347. The molecule has 6 nitrogen and oxygen atoms in total. The molecule has 0 aromatic carbocycles. The zero-order chi connectivity index (χ0) is 13.7. The van der Waals surface area contributed by atoms with Gasteiger partial charge in [0.15, 0.2) is 0 Å². The van der Waals surface area contributed by atoms with Crippen molar-refractivity contribution < 1.29 is 9.53 Å². The Morgan fingerprint density at radius 3 is 2.74 bits per heavy atom. The number of nitriles is 1. The molecule has 6 heteroatoms. The molecule has 2 aliphatic rings. The molecule has 0 aromatic rings. The number of piperazine rings is 1. The minimum Gasteiger partial charge on any atom is -0.380 e. The SMILES string of the molecule is COC1CNC(C(=O)N2CCN(CCC#N)CC2)C1. The molecule has 0 saturated carbocycles. The van der Waals surface area contributed by atoms with Gasteiger partial charge in [-0.15, -0.1) is 0 Å². The van der Waals surface area contributed by atoms with E-state index in [1.165, 1.54) is 0 Å². The van der Waals surface area contributed by atoms with Crippen LogP contribution >= 0.6 is 0 Å². The number of rotatable bonds is 4. The Hall–Kier alpha value is -1.16. The average Bonchev–Trinajstić information content (AvgIpc) is 2.94. The summed E-state index contributed by atoms with van der Waals surface area (Å²) in [6, 6.07) is 2.07. The molecule has 0 spiro atoms. The third-order valence-electron chi connectivity index (χ3n) is 3.95. The number of carbonyl (C=O) groups is 1. The maximum atomic E-state index is 12.3. The van der Waals surface area contributed by atoms with Crippen molar-refractivity contribution in [2.24, 2.45) is 0 Å². The van der Waals surface area contributed by atoms with Gasteiger partial charge in [0.1, 0.15) is 0 Å². The van der Waals surface area contributed by atoms with Crippen LogP contribution in [0, 0.1) is 11.3 Å². The van der Waals surface area contributed by atoms with E-state index in [0.29, 0.717) is 6.42 Å². The number of hydrogen-bond donors (Lipinski definition) is 1. The zero-order valence-corrected chi connectivity index (χ0v) is 11.5. The number of nitrogens with one attached hydrogen (secondary N) is 1. The molecule has 1 N–H and O–H groups in total. The fraction of sp³-hybridized carbons (Fsp3) is 0.846. The summed E-state index contributed by atoms with van der Waals surface area (Å²) in [5.74, 6) is 0.194. The molecular formula is C13H22N4O2. The largest absolute Gasteiger partial charge is 0.380 e. The maximum absolute atomic E-state index is 12.3. The number of amides is 1. The van der Waals surface area contributed by atoms with E-state index in [1.54, 1.807) is 7.11 Å². The number of nitrogens with zero attached hydrogens (tertiary/aromatic N) is 3. The van der Waals surface area contributed by atoms with Crippen LogP contribution in [0.15, 0.2) is 0 Å². The lowest BCUT2D eigenvalue weighted by molar-refractivity contribution is -0.135. The summed E-state index contributed by atoms with van der Waals surface area (Å²) in [7, 11) is 1.69. The predicted octanol–water partition coefficient (Wildman–Crippen LogP) is -0.579. The lowest BCUT2D eigenvalue weighted by Gasteiger charge is -2.35. The van der Waals surface area contributed by atoms with Gasteiger partial charge in [-0.2, -0.15) is 5.26 Å². The monoisotopic (exact) mass is 266 g/mol. The van der Waals surface area contributed by atoms with Crippen LogP contribution in [0.4, 0.5) is 0 Å². The van der Waals surface area contributed by atoms with Gasteiger partial charge in [-0.25, -0.2) is 0 Å². The molecule has 2 saturated heterocycles. The number of carbonyl (C=O) groups excluding carboxylic acids is 1. The van der Waals surface area contributed by atoms with Gasteiger partial charge in [0.25, 0.3) is 0 Å². The van der Waals surface area contributed by atoms with Crippen molar-refractivity contribution in [3.63, 3.8) is 0 Å². The topological polar surface area (TPSA) is 68.6 Å². The van der Waals surface area contributed by atoms with E-state index < -0.39 is 0 Å². The first-order chi connectivity index (χ1) is 9.24. The molecule has 0 bridgehead atoms. The van der Waals surface area contributed by atoms with Crippen molar-refractivity contribution in [1.82, 2.24) is 15.1 Å². The summed E-state index contributed by atoms with van der Waals surface area (Å²) in [4.78, 5) is 16.5. The van der Waals surface area contributed by atoms with Gasteiger partial charge >= 0.3 is 0 Å². The summed E-state index contributed by atoms with van der Waals surface area (Å²) in [5, 5.41) is 11.8. The highest BCUT2D eigenvalue weighted by Gasteiger charge is 2.33. The molecule has 2 rings (SSSR count). The quantitative estimate of drug-likeness (QED) is 0.737. The van der Waals surface area contributed by atoms with Crippen molar-refractivity contribution in [2.75, 3.05) is 46.4 Å². The highest BCUT2D eigenvalue weighted by molar-refractivity contribution is 5.82. The fourth-order valence-electron chi connectivity index (χ4n) is 2.69. The predicted molar refractivity (Wildman–Crippen MR) is 70.5 cm³/mol. The number of ether oxygens (including phenoxy) is 1. The minimum atomic E-state index is -0.0874. The summed E-state index contributed by atoms with van der Waals surface area (Å²) in [5.41, 5.74) is 0. The Labute approximate surface area is 114 Å². The summed E-state index contributed by atoms with van der Waals surface area (Å²) in [6.07, 6.45) is 1.49. The third kappa shape index (κ3) is 3.66. The van der Waals surface area contributed by atoms with E-state index in [1.807, 2.05) is 4.90 Å². The second-order valence-corrected chi connectivity index (χ2v) is 5.13. The molecule has 2 atom stereocenters. The van der Waals surface area contributed by atoms with Gasteiger partial charge in [0.05, 0.1) is 18.2 Å². The molecule has 0 aromatic heterocycles. The molecule has 19 heavy (non-hydrogen) atoms. The maximum Gasteiger partial charge on any atom is 0.239 e. The van der Waals surface area contributed by atoms with E-state index in [9.17, 15) is 4.79 Å². The smallest absolute Gasteiger partial charge is 0.239 e. The third-order valence-corrected chi connectivity index (χ3v) is 3.95.